The molecule has 1 atom stereocenters. The van der Waals surface area contributed by atoms with Crippen molar-refractivity contribution in [1.29, 1.82) is 0 Å². The zero-order valence-corrected chi connectivity index (χ0v) is 12.6. The molecule has 1 heterocycles. The van der Waals surface area contributed by atoms with Crippen LogP contribution in [0.5, 0.6) is 0 Å². The largest absolute Gasteiger partial charge is 0.393 e. The quantitative estimate of drug-likeness (QED) is 0.744. The van der Waals surface area contributed by atoms with Crippen molar-refractivity contribution in [3.05, 3.63) is 33.8 Å². The van der Waals surface area contributed by atoms with Gasteiger partial charge in [-0.3, -0.25) is 4.79 Å². The van der Waals surface area contributed by atoms with Gasteiger partial charge in [0.25, 0.3) is 5.91 Å². The number of carbonyl (C=O) groups excluding carboxylic acids is 1. The summed E-state index contributed by atoms with van der Waals surface area (Å²) in [6.45, 7) is 2.03. The standard InChI is InChI=1S/C14H15BrF3NO/c1-9-4-5-10(7-12(9)15)13(20)19-6-2-3-11(8-19)14(16,17)18/h4-5,7,11H,2-3,6,8H2,1H3. The van der Waals surface area contributed by atoms with Crippen LogP contribution in [0.1, 0.15) is 28.8 Å². The van der Waals surface area contributed by atoms with Crippen molar-refractivity contribution in [1.82, 2.24) is 4.90 Å². The molecule has 2 nitrogen and oxygen atoms in total. The highest BCUT2D eigenvalue weighted by Gasteiger charge is 2.42. The molecule has 0 aromatic heterocycles. The van der Waals surface area contributed by atoms with E-state index < -0.39 is 12.1 Å². The maximum Gasteiger partial charge on any atom is 0.393 e. The first-order chi connectivity index (χ1) is 9.29. The average Bonchev–Trinajstić information content (AvgIpc) is 2.40. The molecule has 1 saturated heterocycles. The highest BCUT2D eigenvalue weighted by molar-refractivity contribution is 9.10. The van der Waals surface area contributed by atoms with E-state index in [2.05, 4.69) is 15.9 Å². The average molecular weight is 350 g/mol. The first-order valence-electron chi connectivity index (χ1n) is 6.41. The number of carbonyl (C=O) groups is 1. The van der Waals surface area contributed by atoms with Crippen LogP contribution in [0.25, 0.3) is 0 Å². The maximum absolute atomic E-state index is 12.8. The lowest BCUT2D eigenvalue weighted by atomic mass is 9.97. The van der Waals surface area contributed by atoms with Gasteiger partial charge in [-0.2, -0.15) is 13.2 Å². The third-order valence-electron chi connectivity index (χ3n) is 3.59. The predicted molar refractivity (Wildman–Crippen MR) is 73.6 cm³/mol. The number of amides is 1. The molecule has 6 heteroatoms. The second kappa shape index (κ2) is 5.76. The van der Waals surface area contributed by atoms with Gasteiger partial charge in [0.15, 0.2) is 0 Å². The molecule has 1 aromatic rings. The van der Waals surface area contributed by atoms with Crippen LogP contribution >= 0.6 is 15.9 Å². The number of halogens is 4. The fourth-order valence-electron chi connectivity index (χ4n) is 2.34. The van der Waals surface area contributed by atoms with E-state index in [1.165, 1.54) is 4.90 Å². The molecule has 1 aliphatic rings. The predicted octanol–water partition coefficient (Wildman–Crippen LogP) is 4.17. The molecule has 0 bridgehead atoms. The van der Waals surface area contributed by atoms with Crippen LogP contribution in [0.3, 0.4) is 0 Å². The summed E-state index contributed by atoms with van der Waals surface area (Å²) in [6, 6.07) is 5.09. The minimum Gasteiger partial charge on any atom is -0.338 e. The van der Waals surface area contributed by atoms with Crippen LogP contribution in [0.4, 0.5) is 13.2 Å². The summed E-state index contributed by atoms with van der Waals surface area (Å²) in [4.78, 5) is 13.6. The molecule has 110 valence electrons. The molecule has 1 fully saturated rings. The van der Waals surface area contributed by atoms with Gasteiger partial charge in [0.1, 0.15) is 0 Å². The summed E-state index contributed by atoms with van der Waals surface area (Å²) in [7, 11) is 0. The molecule has 0 N–H and O–H groups in total. The van der Waals surface area contributed by atoms with Crippen molar-refractivity contribution in [2.24, 2.45) is 5.92 Å². The number of hydrogen-bond acceptors (Lipinski definition) is 1. The Morgan fingerprint density at radius 1 is 1.40 bits per heavy atom. The molecule has 1 aromatic carbocycles. The summed E-state index contributed by atoms with van der Waals surface area (Å²) in [5.41, 5.74) is 1.40. The molecule has 1 aliphatic heterocycles. The van der Waals surface area contributed by atoms with Crippen LogP contribution < -0.4 is 0 Å². The first-order valence-corrected chi connectivity index (χ1v) is 7.20. The lowest BCUT2D eigenvalue weighted by Crippen LogP contribution is -2.44. The number of rotatable bonds is 1. The monoisotopic (exact) mass is 349 g/mol. The molecule has 0 radical (unpaired) electrons. The van der Waals surface area contributed by atoms with Gasteiger partial charge in [-0.15, -0.1) is 0 Å². The Hall–Kier alpha value is -1.04. The van der Waals surface area contributed by atoms with Crippen molar-refractivity contribution in [3.8, 4) is 0 Å². The van der Waals surface area contributed by atoms with Crippen molar-refractivity contribution in [3.63, 3.8) is 0 Å². The van der Waals surface area contributed by atoms with E-state index in [1.54, 1.807) is 18.2 Å². The molecule has 20 heavy (non-hydrogen) atoms. The summed E-state index contributed by atoms with van der Waals surface area (Å²) in [5.74, 6) is -1.74. The van der Waals surface area contributed by atoms with Crippen molar-refractivity contribution in [2.45, 2.75) is 25.9 Å². The van der Waals surface area contributed by atoms with Gasteiger partial charge in [-0.25, -0.2) is 0 Å². The fraction of sp³-hybridized carbons (Fsp3) is 0.500. The lowest BCUT2D eigenvalue weighted by Gasteiger charge is -2.33. The highest BCUT2D eigenvalue weighted by Crippen LogP contribution is 2.33. The van der Waals surface area contributed by atoms with Gasteiger partial charge >= 0.3 is 6.18 Å². The van der Waals surface area contributed by atoms with Crippen molar-refractivity contribution < 1.29 is 18.0 Å². The SMILES string of the molecule is Cc1ccc(C(=O)N2CCCC(C(F)(F)F)C2)cc1Br. The van der Waals surface area contributed by atoms with Gasteiger partial charge in [-0.1, -0.05) is 22.0 Å². The zero-order chi connectivity index (χ0) is 14.9. The second-order valence-corrected chi connectivity index (χ2v) is 5.95. The molecule has 0 saturated carbocycles. The Balaban J connectivity index is 2.14. The topological polar surface area (TPSA) is 20.3 Å². The molecular weight excluding hydrogens is 335 g/mol. The first kappa shape index (κ1) is 15.4. The Morgan fingerprint density at radius 3 is 2.70 bits per heavy atom. The number of benzene rings is 1. The van der Waals surface area contributed by atoms with Crippen LogP contribution in [0.15, 0.2) is 22.7 Å². The van der Waals surface area contributed by atoms with Crippen LogP contribution in [-0.2, 0) is 0 Å². The Labute approximate surface area is 124 Å². The highest BCUT2D eigenvalue weighted by atomic mass is 79.9. The lowest BCUT2D eigenvalue weighted by molar-refractivity contribution is -0.184. The van der Waals surface area contributed by atoms with E-state index in [0.29, 0.717) is 18.5 Å². The van der Waals surface area contributed by atoms with E-state index in [4.69, 9.17) is 0 Å². The number of likely N-dealkylation sites (tertiary alicyclic amines) is 1. The van der Waals surface area contributed by atoms with E-state index in [0.717, 1.165) is 10.0 Å². The smallest absolute Gasteiger partial charge is 0.338 e. The minimum atomic E-state index is -4.23. The molecule has 2 rings (SSSR count). The maximum atomic E-state index is 12.8. The van der Waals surface area contributed by atoms with Gasteiger partial charge in [0, 0.05) is 23.1 Å². The molecular formula is C14H15BrF3NO. The summed E-state index contributed by atoms with van der Waals surface area (Å²) in [6.07, 6.45) is -3.74. The number of hydrogen-bond donors (Lipinski definition) is 0. The Kier molecular flexibility index (Phi) is 4.42. The zero-order valence-electron chi connectivity index (χ0n) is 11.0. The van der Waals surface area contributed by atoms with Gasteiger partial charge in [0.2, 0.25) is 0 Å². The molecule has 1 unspecified atom stereocenters. The number of aryl methyl sites for hydroxylation is 1. The summed E-state index contributed by atoms with van der Waals surface area (Å²) < 4.78 is 39.0. The number of nitrogens with zero attached hydrogens (tertiary/aromatic N) is 1. The number of alkyl halides is 3. The van der Waals surface area contributed by atoms with Crippen LogP contribution in [0, 0.1) is 12.8 Å². The van der Waals surface area contributed by atoms with E-state index in [1.807, 2.05) is 6.92 Å². The second-order valence-electron chi connectivity index (χ2n) is 5.10. The normalized spacial score (nSPS) is 20.1. The summed E-state index contributed by atoms with van der Waals surface area (Å²) in [5, 5.41) is 0. The summed E-state index contributed by atoms with van der Waals surface area (Å²) >= 11 is 3.33. The van der Waals surface area contributed by atoms with Gasteiger partial charge in [-0.05, 0) is 37.5 Å². The number of piperidine rings is 1. The molecule has 0 spiro atoms. The van der Waals surface area contributed by atoms with Crippen LogP contribution in [-0.4, -0.2) is 30.1 Å². The van der Waals surface area contributed by atoms with Gasteiger partial charge < -0.3 is 4.90 Å². The third kappa shape index (κ3) is 3.34. The van der Waals surface area contributed by atoms with E-state index in [9.17, 15) is 18.0 Å². The van der Waals surface area contributed by atoms with Gasteiger partial charge in [0.05, 0.1) is 5.92 Å². The minimum absolute atomic E-state index is 0.102. The van der Waals surface area contributed by atoms with Crippen molar-refractivity contribution in [2.75, 3.05) is 13.1 Å². The molecule has 1 amide bonds. The molecule has 0 aliphatic carbocycles. The van der Waals surface area contributed by atoms with E-state index in [-0.39, 0.29) is 18.9 Å². The van der Waals surface area contributed by atoms with Crippen LogP contribution in [0.2, 0.25) is 0 Å². The van der Waals surface area contributed by atoms with E-state index >= 15 is 0 Å². The van der Waals surface area contributed by atoms with Crippen molar-refractivity contribution >= 4 is 21.8 Å². The third-order valence-corrected chi connectivity index (χ3v) is 4.44. The Bertz CT molecular complexity index is 516. The fourth-order valence-corrected chi connectivity index (χ4v) is 2.72. The Morgan fingerprint density at radius 2 is 2.10 bits per heavy atom.